The van der Waals surface area contributed by atoms with E-state index < -0.39 is 12.2 Å². The number of benzene rings is 2. The summed E-state index contributed by atoms with van der Waals surface area (Å²) in [5.41, 5.74) is 4.95. The minimum atomic E-state index is -1.09. The van der Waals surface area contributed by atoms with E-state index in [1.165, 1.54) is 29.5 Å². The molecule has 1 aliphatic heterocycles. The molecule has 0 spiro atoms. The zero-order chi connectivity index (χ0) is 27.3. The van der Waals surface area contributed by atoms with Gasteiger partial charge >= 0.3 is 6.09 Å². The topological polar surface area (TPSA) is 120 Å². The number of ether oxygens (including phenoxy) is 3. The molecule has 12 heteroatoms. The molecular formula is C27H22ClN5O5S. The molecule has 6 rings (SSSR count). The van der Waals surface area contributed by atoms with Gasteiger partial charge in [-0.15, -0.1) is 11.3 Å². The molecule has 1 atom stereocenters. The smallest absolute Gasteiger partial charge is 0.411 e. The average Bonchev–Trinajstić information content (AvgIpc) is 3.37. The van der Waals surface area contributed by atoms with Gasteiger partial charge in [0.1, 0.15) is 16.3 Å². The number of fused-ring (bicyclic) bond motifs is 4. The van der Waals surface area contributed by atoms with Crippen molar-refractivity contribution in [3.63, 3.8) is 0 Å². The largest absolute Gasteiger partial charge is 0.484 e. The minimum absolute atomic E-state index is 0.0845. The number of anilines is 1. The van der Waals surface area contributed by atoms with Crippen LogP contribution in [0.15, 0.2) is 42.7 Å². The molecule has 3 aromatic heterocycles. The van der Waals surface area contributed by atoms with Gasteiger partial charge < -0.3 is 19.3 Å². The van der Waals surface area contributed by atoms with Crippen molar-refractivity contribution < 1.29 is 24.1 Å². The van der Waals surface area contributed by atoms with E-state index in [9.17, 15) is 9.90 Å². The van der Waals surface area contributed by atoms with Crippen LogP contribution in [0.1, 0.15) is 11.3 Å². The molecule has 2 aromatic carbocycles. The van der Waals surface area contributed by atoms with Crippen molar-refractivity contribution in [3.05, 3.63) is 59.0 Å². The molecular weight excluding hydrogens is 542 g/mol. The molecule has 0 aliphatic carbocycles. The van der Waals surface area contributed by atoms with Gasteiger partial charge in [0.05, 0.1) is 48.3 Å². The third-order valence-corrected chi connectivity index (χ3v) is 7.64. The van der Waals surface area contributed by atoms with Crippen LogP contribution in [-0.2, 0) is 0 Å². The van der Waals surface area contributed by atoms with Crippen LogP contribution in [0.4, 0.5) is 10.5 Å². The van der Waals surface area contributed by atoms with Crippen LogP contribution in [0.2, 0.25) is 5.02 Å². The van der Waals surface area contributed by atoms with Crippen LogP contribution < -0.4 is 19.1 Å². The molecule has 0 bridgehead atoms. The number of methoxy groups -OCH3 is 1. The summed E-state index contributed by atoms with van der Waals surface area (Å²) >= 11 is 7.86. The fourth-order valence-corrected chi connectivity index (χ4v) is 5.82. The van der Waals surface area contributed by atoms with Gasteiger partial charge in [-0.25, -0.2) is 19.7 Å². The standard InChI is InChI=1S/C27H22ClN5O5S/c1-13-6-20-24(37-12-17(38-20)11-33(27(34)35)16-5-4-14(2)29-9-16)25-22(13)32-26(39-25)18-7-15(28)8-19-23(18)30-10-21(31-19)36-3/h4-10,17H,11-12H2,1-3H3,(H,34,35). The quantitative estimate of drug-likeness (QED) is 0.278. The molecule has 0 radical (unpaired) electrons. The fourth-order valence-electron chi connectivity index (χ4n) is 4.45. The first-order valence-corrected chi connectivity index (χ1v) is 13.2. The number of hydrogen-bond donors (Lipinski definition) is 1. The third kappa shape index (κ3) is 4.64. The number of carbonyl (C=O) groups is 1. The van der Waals surface area contributed by atoms with E-state index in [1.54, 1.807) is 24.4 Å². The van der Waals surface area contributed by atoms with Crippen LogP contribution in [0, 0.1) is 13.8 Å². The van der Waals surface area contributed by atoms with Gasteiger partial charge in [-0.1, -0.05) is 11.6 Å². The van der Waals surface area contributed by atoms with Gasteiger partial charge in [-0.3, -0.25) is 9.88 Å². The van der Waals surface area contributed by atoms with Crippen molar-refractivity contribution >= 4 is 56.0 Å². The number of pyridine rings is 1. The van der Waals surface area contributed by atoms with E-state index in [1.807, 2.05) is 26.0 Å². The van der Waals surface area contributed by atoms with E-state index >= 15 is 0 Å². The lowest BCUT2D eigenvalue weighted by Crippen LogP contribution is -2.43. The fraction of sp³-hybridized carbons (Fsp3) is 0.222. The van der Waals surface area contributed by atoms with Crippen LogP contribution >= 0.6 is 22.9 Å². The number of aryl methyl sites for hydroxylation is 2. The molecule has 1 unspecified atom stereocenters. The first kappa shape index (κ1) is 25.1. The summed E-state index contributed by atoms with van der Waals surface area (Å²) in [5, 5.41) is 11.0. The van der Waals surface area contributed by atoms with Crippen molar-refractivity contribution in [1.82, 2.24) is 19.9 Å². The first-order valence-electron chi connectivity index (χ1n) is 12.0. The maximum absolute atomic E-state index is 12.0. The zero-order valence-electron chi connectivity index (χ0n) is 21.1. The maximum Gasteiger partial charge on any atom is 0.411 e. The highest BCUT2D eigenvalue weighted by atomic mass is 35.5. The molecule has 10 nitrogen and oxygen atoms in total. The van der Waals surface area contributed by atoms with Crippen LogP contribution in [-0.4, -0.2) is 57.5 Å². The van der Waals surface area contributed by atoms with E-state index in [4.69, 9.17) is 30.8 Å². The van der Waals surface area contributed by atoms with E-state index in [0.717, 1.165) is 27.0 Å². The Labute approximate surface area is 231 Å². The number of amides is 1. The number of hydrogen-bond acceptors (Lipinski definition) is 9. The number of thiazole rings is 1. The molecule has 0 fully saturated rings. The van der Waals surface area contributed by atoms with Crippen LogP contribution in [0.5, 0.6) is 17.4 Å². The summed E-state index contributed by atoms with van der Waals surface area (Å²) in [4.78, 5) is 31.3. The van der Waals surface area contributed by atoms with Crippen LogP contribution in [0.3, 0.4) is 0 Å². The summed E-state index contributed by atoms with van der Waals surface area (Å²) in [6, 6.07) is 8.91. The van der Waals surface area contributed by atoms with Crippen molar-refractivity contribution in [2.45, 2.75) is 20.0 Å². The summed E-state index contributed by atoms with van der Waals surface area (Å²) in [6.07, 6.45) is 1.49. The Morgan fingerprint density at radius 2 is 2.03 bits per heavy atom. The van der Waals surface area contributed by atoms with Crippen molar-refractivity contribution in [2.24, 2.45) is 0 Å². The summed E-state index contributed by atoms with van der Waals surface area (Å²) < 4.78 is 18.5. The lowest BCUT2D eigenvalue weighted by atomic mass is 10.1. The zero-order valence-corrected chi connectivity index (χ0v) is 22.7. The molecule has 0 saturated carbocycles. The molecule has 0 saturated heterocycles. The van der Waals surface area contributed by atoms with Crippen molar-refractivity contribution in [1.29, 1.82) is 0 Å². The predicted octanol–water partition coefficient (Wildman–Crippen LogP) is 5.90. The normalized spacial score (nSPS) is 14.5. The Morgan fingerprint density at radius 1 is 1.18 bits per heavy atom. The van der Waals surface area contributed by atoms with E-state index in [-0.39, 0.29) is 13.2 Å². The third-order valence-electron chi connectivity index (χ3n) is 6.34. The van der Waals surface area contributed by atoms with Gasteiger partial charge in [0.15, 0.2) is 17.6 Å². The minimum Gasteiger partial charge on any atom is -0.484 e. The second-order valence-corrected chi connectivity index (χ2v) is 10.5. The Balaban J connectivity index is 1.35. The Hall–Kier alpha value is -4.22. The van der Waals surface area contributed by atoms with E-state index in [2.05, 4.69) is 15.0 Å². The monoisotopic (exact) mass is 563 g/mol. The maximum atomic E-state index is 12.0. The highest BCUT2D eigenvalue weighted by Gasteiger charge is 2.30. The predicted molar refractivity (Wildman–Crippen MR) is 149 cm³/mol. The average molecular weight is 564 g/mol. The van der Waals surface area contributed by atoms with Gasteiger partial charge in [-0.2, -0.15) is 0 Å². The number of halogens is 1. The van der Waals surface area contributed by atoms with Crippen LogP contribution in [0.25, 0.3) is 31.8 Å². The summed E-state index contributed by atoms with van der Waals surface area (Å²) in [7, 11) is 1.53. The van der Waals surface area contributed by atoms with Crippen molar-refractivity contribution in [2.75, 3.05) is 25.2 Å². The number of rotatable bonds is 5. The van der Waals surface area contributed by atoms with Gasteiger partial charge in [0.2, 0.25) is 5.88 Å². The molecule has 5 aromatic rings. The molecule has 1 N–H and O–H groups in total. The Kier molecular flexibility index (Phi) is 6.32. The lowest BCUT2D eigenvalue weighted by Gasteiger charge is -2.30. The molecule has 39 heavy (non-hydrogen) atoms. The Morgan fingerprint density at radius 3 is 2.77 bits per heavy atom. The van der Waals surface area contributed by atoms with Gasteiger partial charge in [-0.05, 0) is 49.7 Å². The molecule has 198 valence electrons. The highest BCUT2D eigenvalue weighted by molar-refractivity contribution is 7.22. The highest BCUT2D eigenvalue weighted by Crippen LogP contribution is 2.46. The second kappa shape index (κ2) is 9.83. The Bertz CT molecular complexity index is 1740. The first-order chi connectivity index (χ1) is 18.8. The summed E-state index contributed by atoms with van der Waals surface area (Å²) in [6.45, 7) is 4.05. The lowest BCUT2D eigenvalue weighted by molar-refractivity contribution is 0.0961. The van der Waals surface area contributed by atoms with Gasteiger partial charge in [0, 0.05) is 16.3 Å². The van der Waals surface area contributed by atoms with Crippen molar-refractivity contribution in [3.8, 4) is 28.0 Å². The van der Waals surface area contributed by atoms with Gasteiger partial charge in [0.25, 0.3) is 0 Å². The molecule has 1 aliphatic rings. The SMILES string of the molecule is COc1cnc2c(-c3nc4c(C)cc5c(c4s3)OCC(CN(C(=O)O)c3ccc(C)nc3)O5)cc(Cl)cc2n1. The number of nitrogens with zero attached hydrogens (tertiary/aromatic N) is 5. The van der Waals surface area contributed by atoms with E-state index in [0.29, 0.717) is 44.1 Å². The summed E-state index contributed by atoms with van der Waals surface area (Å²) in [5.74, 6) is 1.51. The molecule has 1 amide bonds. The number of aromatic nitrogens is 4. The molecule has 4 heterocycles. The second-order valence-electron chi connectivity index (χ2n) is 9.05. The number of carboxylic acid groups (broad SMARTS) is 1.